The number of rotatable bonds is 4. The second-order valence-corrected chi connectivity index (χ2v) is 8.45. The van der Waals surface area contributed by atoms with Crippen LogP contribution in [0.15, 0.2) is 34.8 Å². The van der Waals surface area contributed by atoms with E-state index in [4.69, 9.17) is 17.0 Å². The summed E-state index contributed by atoms with van der Waals surface area (Å²) in [4.78, 5) is 28.3. The van der Waals surface area contributed by atoms with Crippen LogP contribution in [0.3, 0.4) is 0 Å². The zero-order valence-corrected chi connectivity index (χ0v) is 19.0. The largest absolute Gasteiger partial charge is 0.496 e. The molecule has 3 rings (SSSR count). The van der Waals surface area contributed by atoms with Crippen LogP contribution in [0, 0.1) is 6.92 Å². The van der Waals surface area contributed by atoms with Crippen LogP contribution in [0.1, 0.15) is 22.8 Å². The molecule has 3 N–H and O–H groups in total. The molecule has 150 valence electrons. The van der Waals surface area contributed by atoms with Gasteiger partial charge in [-0.3, -0.25) is 14.9 Å². The van der Waals surface area contributed by atoms with Gasteiger partial charge in [0, 0.05) is 17.1 Å². The predicted octanol–water partition coefficient (Wildman–Crippen LogP) is 4.46. The van der Waals surface area contributed by atoms with Crippen LogP contribution in [0.5, 0.6) is 5.75 Å². The van der Waals surface area contributed by atoms with E-state index < -0.39 is 5.91 Å². The van der Waals surface area contributed by atoms with Crippen LogP contribution >= 0.6 is 39.5 Å². The highest BCUT2D eigenvalue weighted by atomic mass is 79.9. The van der Waals surface area contributed by atoms with Crippen molar-refractivity contribution in [1.29, 1.82) is 0 Å². The van der Waals surface area contributed by atoms with Crippen molar-refractivity contribution in [3.05, 3.63) is 45.9 Å². The number of nitrogens with zero attached hydrogens (tertiary/aromatic N) is 1. The normalized spacial score (nSPS) is 10.5. The number of thiazole rings is 1. The summed E-state index contributed by atoms with van der Waals surface area (Å²) in [5.41, 5.74) is 2.64. The van der Waals surface area contributed by atoms with E-state index in [2.05, 4.69) is 36.9 Å². The molecule has 7 nitrogen and oxygen atoms in total. The molecule has 0 fully saturated rings. The van der Waals surface area contributed by atoms with E-state index >= 15 is 0 Å². The van der Waals surface area contributed by atoms with Crippen LogP contribution < -0.4 is 20.7 Å². The number of carbonyl (C=O) groups is 2. The smallest absolute Gasteiger partial charge is 0.261 e. The van der Waals surface area contributed by atoms with E-state index in [0.717, 1.165) is 20.3 Å². The lowest BCUT2D eigenvalue weighted by atomic mass is 10.1. The van der Waals surface area contributed by atoms with Crippen molar-refractivity contribution >= 4 is 77.4 Å². The standard InChI is InChI=1S/C19H17BrN4O3S2/c1-9-6-11(20)7-13(16(9)27-3)17(26)23-18(28)24-19-22-14-5-4-12(21-10(2)25)8-15(14)29-19/h4-8H,1-3H3,(H,21,25)(H2,22,23,24,26,28). The molecule has 0 aliphatic rings. The van der Waals surface area contributed by atoms with E-state index in [0.29, 0.717) is 22.1 Å². The minimum absolute atomic E-state index is 0.121. The molecule has 0 spiro atoms. The number of fused-ring (bicyclic) bond motifs is 1. The number of nitrogens with one attached hydrogen (secondary N) is 3. The summed E-state index contributed by atoms with van der Waals surface area (Å²) in [6.45, 7) is 3.31. The Hall–Kier alpha value is -2.56. The Balaban J connectivity index is 1.74. The van der Waals surface area contributed by atoms with Gasteiger partial charge < -0.3 is 15.4 Å². The van der Waals surface area contributed by atoms with Crippen LogP contribution in [0.2, 0.25) is 0 Å². The van der Waals surface area contributed by atoms with Crippen molar-refractivity contribution < 1.29 is 14.3 Å². The average molecular weight is 493 g/mol. The number of aromatic nitrogens is 1. The number of hydrogen-bond donors (Lipinski definition) is 3. The predicted molar refractivity (Wildman–Crippen MR) is 123 cm³/mol. The second kappa shape index (κ2) is 8.85. The van der Waals surface area contributed by atoms with E-state index in [-0.39, 0.29) is 11.0 Å². The number of ether oxygens (including phenoxy) is 1. The lowest BCUT2D eigenvalue weighted by Gasteiger charge is -2.13. The fourth-order valence-corrected chi connectivity index (χ4v) is 4.46. The molecule has 0 atom stereocenters. The highest BCUT2D eigenvalue weighted by Crippen LogP contribution is 2.29. The van der Waals surface area contributed by atoms with Gasteiger partial charge in [-0.15, -0.1) is 0 Å². The fourth-order valence-electron chi connectivity index (χ4n) is 2.73. The zero-order valence-electron chi connectivity index (χ0n) is 15.8. The summed E-state index contributed by atoms with van der Waals surface area (Å²) in [6.07, 6.45) is 0. The van der Waals surface area contributed by atoms with Gasteiger partial charge in [0.25, 0.3) is 5.91 Å². The number of thiocarbonyl (C=S) groups is 1. The van der Waals surface area contributed by atoms with Crippen molar-refractivity contribution in [1.82, 2.24) is 10.3 Å². The molecule has 0 unspecified atom stereocenters. The number of amides is 2. The maximum Gasteiger partial charge on any atom is 0.261 e. The van der Waals surface area contributed by atoms with Crippen molar-refractivity contribution in [2.24, 2.45) is 0 Å². The van der Waals surface area contributed by atoms with E-state index in [1.165, 1.54) is 25.4 Å². The number of hydrogen-bond acceptors (Lipinski definition) is 6. The topological polar surface area (TPSA) is 92.3 Å². The van der Waals surface area contributed by atoms with Gasteiger partial charge in [0.1, 0.15) is 5.75 Å². The minimum Gasteiger partial charge on any atom is -0.496 e. The third kappa shape index (κ3) is 5.08. The van der Waals surface area contributed by atoms with Crippen molar-refractivity contribution in [2.75, 3.05) is 17.7 Å². The molecule has 1 aromatic heterocycles. The first-order valence-electron chi connectivity index (χ1n) is 8.41. The number of methoxy groups -OCH3 is 1. The maximum absolute atomic E-state index is 12.7. The molecule has 2 aromatic carbocycles. The van der Waals surface area contributed by atoms with Gasteiger partial charge in [0.2, 0.25) is 5.91 Å². The third-order valence-electron chi connectivity index (χ3n) is 3.84. The third-order valence-corrected chi connectivity index (χ3v) is 5.44. The number of aryl methyl sites for hydroxylation is 1. The molecular formula is C19H17BrN4O3S2. The molecule has 3 aromatic rings. The molecule has 0 aliphatic carbocycles. The van der Waals surface area contributed by atoms with Gasteiger partial charge >= 0.3 is 0 Å². The highest BCUT2D eigenvalue weighted by Gasteiger charge is 2.17. The minimum atomic E-state index is -0.391. The maximum atomic E-state index is 12.7. The second-order valence-electron chi connectivity index (χ2n) is 6.09. The molecule has 0 saturated carbocycles. The Morgan fingerprint density at radius 2 is 1.97 bits per heavy atom. The number of benzene rings is 2. The molecule has 10 heteroatoms. The first kappa shape index (κ1) is 21.2. The summed E-state index contributed by atoms with van der Waals surface area (Å²) in [5, 5.41) is 8.96. The molecule has 0 aliphatic heterocycles. The van der Waals surface area contributed by atoms with Gasteiger partial charge in [-0.05, 0) is 55.0 Å². The van der Waals surface area contributed by atoms with Crippen molar-refractivity contribution in [3.8, 4) is 5.75 Å². The summed E-state index contributed by atoms with van der Waals surface area (Å²) in [6, 6.07) is 8.94. The van der Waals surface area contributed by atoms with Crippen LogP contribution in [-0.2, 0) is 4.79 Å². The summed E-state index contributed by atoms with van der Waals surface area (Å²) in [7, 11) is 1.51. The molecule has 29 heavy (non-hydrogen) atoms. The first-order valence-corrected chi connectivity index (χ1v) is 10.4. The SMILES string of the molecule is COc1c(C)cc(Br)cc1C(=O)NC(=S)Nc1nc2ccc(NC(C)=O)cc2s1. The first-order chi connectivity index (χ1) is 13.8. The zero-order chi connectivity index (χ0) is 21.1. The molecular weight excluding hydrogens is 476 g/mol. The summed E-state index contributed by atoms with van der Waals surface area (Å²) >= 11 is 10.0. The Bertz CT molecular complexity index is 1130. The molecule has 2 amide bonds. The Kier molecular flexibility index (Phi) is 6.46. The van der Waals surface area contributed by atoms with Gasteiger partial charge in [0.05, 0.1) is 22.9 Å². The monoisotopic (exact) mass is 492 g/mol. The Morgan fingerprint density at radius 3 is 2.66 bits per heavy atom. The lowest BCUT2D eigenvalue weighted by molar-refractivity contribution is -0.114. The number of anilines is 2. The number of halogens is 1. The number of carbonyl (C=O) groups excluding carboxylic acids is 2. The van der Waals surface area contributed by atoms with Crippen LogP contribution in [-0.4, -0.2) is 29.0 Å². The molecule has 0 bridgehead atoms. The van der Waals surface area contributed by atoms with Crippen molar-refractivity contribution in [3.63, 3.8) is 0 Å². The summed E-state index contributed by atoms with van der Waals surface area (Å²) in [5.74, 6) is -0.0499. The van der Waals surface area contributed by atoms with Crippen molar-refractivity contribution in [2.45, 2.75) is 13.8 Å². The Labute approximate surface area is 185 Å². The highest BCUT2D eigenvalue weighted by molar-refractivity contribution is 9.10. The van der Waals surface area contributed by atoms with Gasteiger partial charge in [0.15, 0.2) is 10.2 Å². The van der Waals surface area contributed by atoms with Crippen LogP contribution in [0.25, 0.3) is 10.2 Å². The lowest BCUT2D eigenvalue weighted by Crippen LogP contribution is -2.34. The Morgan fingerprint density at radius 1 is 1.21 bits per heavy atom. The van der Waals surface area contributed by atoms with Gasteiger partial charge in [-0.2, -0.15) is 0 Å². The average Bonchev–Trinajstić information content (AvgIpc) is 3.01. The van der Waals surface area contributed by atoms with E-state index in [9.17, 15) is 9.59 Å². The molecule has 0 radical (unpaired) electrons. The van der Waals surface area contributed by atoms with Gasteiger partial charge in [-0.1, -0.05) is 27.3 Å². The molecule has 0 saturated heterocycles. The van der Waals surface area contributed by atoms with E-state index in [1.807, 2.05) is 19.1 Å². The fraction of sp³-hybridized carbons (Fsp3) is 0.158. The van der Waals surface area contributed by atoms with Crippen LogP contribution in [0.4, 0.5) is 10.8 Å². The van der Waals surface area contributed by atoms with E-state index in [1.54, 1.807) is 18.2 Å². The quantitative estimate of drug-likeness (QED) is 0.465. The molecule has 1 heterocycles. The van der Waals surface area contributed by atoms with Gasteiger partial charge in [-0.25, -0.2) is 4.98 Å². The summed E-state index contributed by atoms with van der Waals surface area (Å²) < 4.78 is 6.98.